The summed E-state index contributed by atoms with van der Waals surface area (Å²) in [4.78, 5) is 0. The van der Waals surface area contributed by atoms with Crippen LogP contribution in [0.5, 0.6) is 17.2 Å². The number of aromatic hydroxyl groups is 2. The molecule has 0 amide bonds. The molecule has 4 atom stereocenters. The lowest BCUT2D eigenvalue weighted by Gasteiger charge is -2.35. The summed E-state index contributed by atoms with van der Waals surface area (Å²) in [5, 5.41) is 49.8. The van der Waals surface area contributed by atoms with E-state index < -0.39 is 30.4 Å². The first-order valence-electron chi connectivity index (χ1n) is 6.75. The Morgan fingerprint density at radius 3 is 2.55 bits per heavy atom. The van der Waals surface area contributed by atoms with Crippen molar-refractivity contribution >= 4 is 10.8 Å². The summed E-state index contributed by atoms with van der Waals surface area (Å²) in [6.07, 6.45) is -5.42. The van der Waals surface area contributed by atoms with Crippen LogP contribution in [0.25, 0.3) is 10.8 Å². The summed E-state index contributed by atoms with van der Waals surface area (Å²) in [6, 6.07) is 8.31. The molecule has 0 spiro atoms. The second kappa shape index (κ2) is 5.62. The molecule has 1 fully saturated rings. The summed E-state index contributed by atoms with van der Waals surface area (Å²) < 4.78 is 10.5. The van der Waals surface area contributed by atoms with Crippen LogP contribution in [0, 0.1) is 0 Å². The van der Waals surface area contributed by atoms with Gasteiger partial charge in [0.25, 0.3) is 0 Å². The van der Waals surface area contributed by atoms with Gasteiger partial charge in [-0.15, -0.1) is 0 Å². The lowest BCUT2D eigenvalue weighted by Crippen LogP contribution is -2.54. The highest BCUT2D eigenvalue weighted by molar-refractivity contribution is 5.92. The molecule has 1 heterocycles. The zero-order valence-electron chi connectivity index (χ0n) is 11.5. The molecule has 0 bridgehead atoms. The SMILES string of the molecule is Oc1cc2ccccc2c(O[C@@H]2CO[C@@H](O)[C@H](O)[C@H]2O)c1O. The molecular formula is C15H16O7. The van der Waals surface area contributed by atoms with Gasteiger partial charge in [0.1, 0.15) is 12.2 Å². The topological polar surface area (TPSA) is 120 Å². The van der Waals surface area contributed by atoms with Gasteiger partial charge in [-0.1, -0.05) is 24.3 Å². The molecule has 0 saturated carbocycles. The van der Waals surface area contributed by atoms with E-state index in [9.17, 15) is 25.5 Å². The number of rotatable bonds is 2. The van der Waals surface area contributed by atoms with E-state index in [-0.39, 0.29) is 18.1 Å². The Balaban J connectivity index is 1.98. The molecule has 2 aromatic rings. The Morgan fingerprint density at radius 2 is 1.77 bits per heavy atom. The van der Waals surface area contributed by atoms with Gasteiger partial charge in [-0.25, -0.2) is 0 Å². The quantitative estimate of drug-likeness (QED) is 0.498. The molecule has 0 aliphatic carbocycles. The maximum atomic E-state index is 10.0. The van der Waals surface area contributed by atoms with Gasteiger partial charge in [0.05, 0.1) is 6.61 Å². The zero-order chi connectivity index (χ0) is 15.9. The number of aliphatic hydroxyl groups excluding tert-OH is 3. The van der Waals surface area contributed by atoms with Crippen LogP contribution < -0.4 is 4.74 Å². The summed E-state index contributed by atoms with van der Waals surface area (Å²) in [6.45, 7) is -0.178. The second-order valence-corrected chi connectivity index (χ2v) is 5.16. The van der Waals surface area contributed by atoms with Crippen LogP contribution in [0.3, 0.4) is 0 Å². The highest BCUT2D eigenvalue weighted by Crippen LogP contribution is 2.42. The lowest BCUT2D eigenvalue weighted by molar-refractivity contribution is -0.247. The molecule has 1 aliphatic heterocycles. The molecule has 7 nitrogen and oxygen atoms in total. The number of phenols is 2. The molecule has 3 rings (SSSR count). The van der Waals surface area contributed by atoms with Crippen LogP contribution in [-0.4, -0.2) is 56.7 Å². The van der Waals surface area contributed by atoms with Gasteiger partial charge in [0, 0.05) is 5.39 Å². The van der Waals surface area contributed by atoms with Gasteiger partial charge < -0.3 is 35.0 Å². The molecule has 1 saturated heterocycles. The monoisotopic (exact) mass is 308 g/mol. The van der Waals surface area contributed by atoms with Gasteiger partial charge in [-0.05, 0) is 11.5 Å². The Morgan fingerprint density at radius 1 is 1.05 bits per heavy atom. The van der Waals surface area contributed by atoms with Crippen LogP contribution >= 0.6 is 0 Å². The van der Waals surface area contributed by atoms with Crippen molar-refractivity contribution in [3.63, 3.8) is 0 Å². The van der Waals surface area contributed by atoms with Gasteiger partial charge >= 0.3 is 0 Å². The van der Waals surface area contributed by atoms with Crippen molar-refractivity contribution in [1.29, 1.82) is 0 Å². The second-order valence-electron chi connectivity index (χ2n) is 5.16. The van der Waals surface area contributed by atoms with Crippen molar-refractivity contribution in [2.45, 2.75) is 24.6 Å². The smallest absolute Gasteiger partial charge is 0.201 e. The molecule has 7 heteroatoms. The summed E-state index contributed by atoms with van der Waals surface area (Å²) in [5.41, 5.74) is 0. The van der Waals surface area contributed by atoms with Crippen molar-refractivity contribution in [3.8, 4) is 17.2 Å². The highest BCUT2D eigenvalue weighted by atomic mass is 16.6. The molecule has 118 valence electrons. The third-order valence-electron chi connectivity index (χ3n) is 3.68. The molecule has 0 radical (unpaired) electrons. The van der Waals surface area contributed by atoms with E-state index in [1.54, 1.807) is 24.3 Å². The maximum Gasteiger partial charge on any atom is 0.201 e. The predicted molar refractivity (Wildman–Crippen MR) is 75.7 cm³/mol. The van der Waals surface area contributed by atoms with Gasteiger partial charge in [0.15, 0.2) is 23.9 Å². The number of fused-ring (bicyclic) bond motifs is 1. The van der Waals surface area contributed by atoms with Crippen molar-refractivity contribution < 1.29 is 35.0 Å². The largest absolute Gasteiger partial charge is 0.504 e. The number of phenolic OH excluding ortho intramolecular Hbond substituents is 2. The molecule has 5 N–H and O–H groups in total. The van der Waals surface area contributed by atoms with Crippen LogP contribution in [-0.2, 0) is 4.74 Å². The van der Waals surface area contributed by atoms with Crippen LogP contribution in [0.1, 0.15) is 0 Å². The fourth-order valence-corrected chi connectivity index (χ4v) is 2.44. The van der Waals surface area contributed by atoms with E-state index in [0.717, 1.165) is 0 Å². The van der Waals surface area contributed by atoms with E-state index in [1.807, 2.05) is 0 Å². The lowest BCUT2D eigenvalue weighted by atomic mass is 10.0. The molecule has 22 heavy (non-hydrogen) atoms. The third kappa shape index (κ3) is 2.44. The Kier molecular flexibility index (Phi) is 3.79. The number of benzene rings is 2. The Bertz CT molecular complexity index is 687. The molecule has 0 unspecified atom stereocenters. The molecule has 0 aromatic heterocycles. The standard InChI is InChI=1S/C15H16O7/c16-9-5-7-3-1-2-4-8(7)14(11(9)17)22-10-6-21-15(20)13(19)12(10)18/h1-5,10,12-13,15-20H,6H2/t10-,12+,13-,15-/m1/s1. The number of ether oxygens (including phenoxy) is 2. The summed E-state index contributed by atoms with van der Waals surface area (Å²) >= 11 is 0. The van der Waals surface area contributed by atoms with Crippen LogP contribution in [0.4, 0.5) is 0 Å². The summed E-state index contributed by atoms with van der Waals surface area (Å²) in [5.74, 6) is -0.848. The number of hydrogen-bond acceptors (Lipinski definition) is 7. The number of aliphatic hydroxyl groups is 3. The minimum atomic E-state index is -1.52. The minimum absolute atomic E-state index is 0.0214. The van der Waals surface area contributed by atoms with Gasteiger partial charge in [-0.3, -0.25) is 0 Å². The van der Waals surface area contributed by atoms with Gasteiger partial charge in [0.2, 0.25) is 5.75 Å². The van der Waals surface area contributed by atoms with E-state index in [0.29, 0.717) is 10.8 Å². The molecule has 2 aromatic carbocycles. The van der Waals surface area contributed by atoms with E-state index in [2.05, 4.69) is 0 Å². The zero-order valence-corrected chi connectivity index (χ0v) is 11.5. The normalized spacial score (nSPS) is 28.7. The average molecular weight is 308 g/mol. The fourth-order valence-electron chi connectivity index (χ4n) is 2.44. The molecule has 1 aliphatic rings. The first kappa shape index (κ1) is 14.9. The van der Waals surface area contributed by atoms with Crippen molar-refractivity contribution in [2.75, 3.05) is 6.61 Å². The summed E-state index contributed by atoms with van der Waals surface area (Å²) in [7, 11) is 0. The van der Waals surface area contributed by atoms with E-state index in [1.165, 1.54) is 6.07 Å². The minimum Gasteiger partial charge on any atom is -0.504 e. The van der Waals surface area contributed by atoms with Crippen LogP contribution in [0.15, 0.2) is 30.3 Å². The average Bonchev–Trinajstić information content (AvgIpc) is 2.51. The highest BCUT2D eigenvalue weighted by Gasteiger charge is 2.39. The van der Waals surface area contributed by atoms with E-state index in [4.69, 9.17) is 9.47 Å². The van der Waals surface area contributed by atoms with Crippen molar-refractivity contribution in [3.05, 3.63) is 30.3 Å². The van der Waals surface area contributed by atoms with E-state index >= 15 is 0 Å². The van der Waals surface area contributed by atoms with Gasteiger partial charge in [-0.2, -0.15) is 0 Å². The van der Waals surface area contributed by atoms with Crippen LogP contribution in [0.2, 0.25) is 0 Å². The maximum absolute atomic E-state index is 10.0. The fraction of sp³-hybridized carbons (Fsp3) is 0.333. The first-order chi connectivity index (χ1) is 10.5. The Hall–Kier alpha value is -2.06. The Labute approximate surface area is 125 Å². The predicted octanol–water partition coefficient (Wildman–Crippen LogP) is 0.0688. The number of hydrogen-bond donors (Lipinski definition) is 5. The van der Waals surface area contributed by atoms with Crippen molar-refractivity contribution in [1.82, 2.24) is 0 Å². The van der Waals surface area contributed by atoms with Crippen molar-refractivity contribution in [2.24, 2.45) is 0 Å². The first-order valence-corrected chi connectivity index (χ1v) is 6.75. The molecular weight excluding hydrogens is 292 g/mol. The third-order valence-corrected chi connectivity index (χ3v) is 3.68.